The minimum Gasteiger partial charge on any atom is -0.480 e. The Balaban J connectivity index is 2.84. The highest BCUT2D eigenvalue weighted by atomic mass is 32.2. The monoisotopic (exact) mass is 246 g/mol. The highest BCUT2D eigenvalue weighted by molar-refractivity contribution is 7.91. The van der Waals surface area contributed by atoms with Gasteiger partial charge in [0.15, 0.2) is 15.1 Å². The third-order valence-corrected chi connectivity index (χ3v) is 4.28. The summed E-state index contributed by atoms with van der Waals surface area (Å²) in [5.41, 5.74) is 0.509. The Morgan fingerprint density at radius 2 is 2.25 bits per heavy atom. The van der Waals surface area contributed by atoms with Crippen LogP contribution in [0.3, 0.4) is 0 Å². The number of sulfone groups is 1. The minimum absolute atomic E-state index is 0.291. The molecular weight excluding hydrogens is 232 g/mol. The molecule has 1 aromatic heterocycles. The summed E-state index contributed by atoms with van der Waals surface area (Å²) < 4.78 is 24.8. The van der Waals surface area contributed by atoms with Crippen molar-refractivity contribution >= 4 is 15.8 Å². The number of carboxylic acid groups (broad SMARTS) is 1. The number of nitrogens with zero attached hydrogens (tertiary/aromatic N) is 2. The van der Waals surface area contributed by atoms with Crippen LogP contribution in [-0.2, 0) is 26.9 Å². The first-order valence-electron chi connectivity index (χ1n) is 4.82. The van der Waals surface area contributed by atoms with Gasteiger partial charge in [0.1, 0.15) is 0 Å². The summed E-state index contributed by atoms with van der Waals surface area (Å²) in [5, 5.41) is 11.2. The van der Waals surface area contributed by atoms with Gasteiger partial charge in [-0.1, -0.05) is 0 Å². The molecule has 1 rings (SSSR count). The van der Waals surface area contributed by atoms with Crippen molar-refractivity contribution in [3.8, 4) is 0 Å². The molecule has 7 heteroatoms. The van der Waals surface area contributed by atoms with Gasteiger partial charge in [-0.25, -0.2) is 8.42 Å². The summed E-state index contributed by atoms with van der Waals surface area (Å²) in [6.45, 7) is 3.70. The molecule has 6 nitrogen and oxygen atoms in total. The predicted molar refractivity (Wildman–Crippen MR) is 57.6 cm³/mol. The molecule has 0 bridgehead atoms. The fourth-order valence-corrected chi connectivity index (χ4v) is 2.34. The average Bonchev–Trinajstić information content (AvgIpc) is 2.63. The smallest absolute Gasteiger partial charge is 0.321 e. The molecule has 0 aliphatic carbocycles. The van der Waals surface area contributed by atoms with E-state index in [1.807, 2.05) is 6.92 Å². The maximum absolute atomic E-state index is 11.6. The molecule has 0 saturated heterocycles. The quantitative estimate of drug-likeness (QED) is 0.806. The highest BCUT2D eigenvalue weighted by Gasteiger charge is 2.28. The molecule has 1 heterocycles. The van der Waals surface area contributed by atoms with Crippen LogP contribution in [0.15, 0.2) is 12.4 Å². The van der Waals surface area contributed by atoms with Crippen LogP contribution < -0.4 is 0 Å². The second-order valence-electron chi connectivity index (χ2n) is 3.49. The van der Waals surface area contributed by atoms with Crippen LogP contribution >= 0.6 is 0 Å². The average molecular weight is 246 g/mol. The number of aryl methyl sites for hydroxylation is 1. The van der Waals surface area contributed by atoms with Crippen molar-refractivity contribution < 1.29 is 18.3 Å². The van der Waals surface area contributed by atoms with E-state index < -0.39 is 21.1 Å². The first kappa shape index (κ1) is 12.7. The Morgan fingerprint density at radius 1 is 1.62 bits per heavy atom. The Morgan fingerprint density at radius 3 is 2.69 bits per heavy atom. The zero-order valence-corrected chi connectivity index (χ0v) is 9.94. The van der Waals surface area contributed by atoms with E-state index in [1.54, 1.807) is 10.9 Å². The van der Waals surface area contributed by atoms with Crippen molar-refractivity contribution in [2.45, 2.75) is 31.4 Å². The molecule has 16 heavy (non-hydrogen) atoms. The summed E-state index contributed by atoms with van der Waals surface area (Å²) in [6, 6.07) is 0. The highest BCUT2D eigenvalue weighted by Crippen LogP contribution is 2.10. The maximum atomic E-state index is 11.6. The van der Waals surface area contributed by atoms with Gasteiger partial charge >= 0.3 is 5.97 Å². The van der Waals surface area contributed by atoms with Crippen molar-refractivity contribution in [3.63, 3.8) is 0 Å². The second kappa shape index (κ2) is 4.65. The molecule has 1 aromatic rings. The van der Waals surface area contributed by atoms with Gasteiger partial charge in [-0.2, -0.15) is 5.10 Å². The van der Waals surface area contributed by atoms with Gasteiger partial charge in [0.05, 0.1) is 11.9 Å². The lowest BCUT2D eigenvalue weighted by atomic mass is 10.4. The topological polar surface area (TPSA) is 89.3 Å². The third kappa shape index (κ3) is 2.82. The molecule has 1 N–H and O–H groups in total. The van der Waals surface area contributed by atoms with Crippen LogP contribution in [0.1, 0.15) is 19.4 Å². The lowest BCUT2D eigenvalue weighted by Crippen LogP contribution is -2.27. The van der Waals surface area contributed by atoms with Crippen LogP contribution in [0.4, 0.5) is 0 Å². The molecule has 0 aliphatic rings. The summed E-state index contributed by atoms with van der Waals surface area (Å²) in [4.78, 5) is 10.6. The number of aliphatic carboxylic acids is 1. The molecule has 0 radical (unpaired) electrons. The van der Waals surface area contributed by atoms with Gasteiger partial charge in [0.25, 0.3) is 0 Å². The van der Waals surface area contributed by atoms with Crippen molar-refractivity contribution in [3.05, 3.63) is 18.0 Å². The van der Waals surface area contributed by atoms with E-state index in [9.17, 15) is 13.2 Å². The molecule has 0 aliphatic heterocycles. The minimum atomic E-state index is -3.66. The van der Waals surface area contributed by atoms with E-state index in [0.29, 0.717) is 12.1 Å². The number of aromatic nitrogens is 2. The number of hydrogen-bond acceptors (Lipinski definition) is 4. The zero-order chi connectivity index (χ0) is 12.3. The fourth-order valence-electron chi connectivity index (χ4n) is 1.16. The van der Waals surface area contributed by atoms with Gasteiger partial charge in [0, 0.05) is 18.3 Å². The van der Waals surface area contributed by atoms with E-state index in [4.69, 9.17) is 5.11 Å². The Kier molecular flexibility index (Phi) is 3.69. The summed E-state index contributed by atoms with van der Waals surface area (Å²) >= 11 is 0. The van der Waals surface area contributed by atoms with Gasteiger partial charge in [-0.15, -0.1) is 0 Å². The lowest BCUT2D eigenvalue weighted by molar-refractivity contribution is -0.136. The molecule has 0 amide bonds. The molecule has 1 atom stereocenters. The van der Waals surface area contributed by atoms with Crippen LogP contribution in [0, 0.1) is 0 Å². The molecule has 1 unspecified atom stereocenters. The molecule has 0 aromatic carbocycles. The van der Waals surface area contributed by atoms with E-state index >= 15 is 0 Å². The van der Waals surface area contributed by atoms with E-state index in [0.717, 1.165) is 0 Å². The molecule has 0 saturated carbocycles. The van der Waals surface area contributed by atoms with Crippen LogP contribution in [-0.4, -0.2) is 34.5 Å². The van der Waals surface area contributed by atoms with E-state index in [1.165, 1.54) is 13.1 Å². The van der Waals surface area contributed by atoms with E-state index in [-0.39, 0.29) is 5.75 Å². The lowest BCUT2D eigenvalue weighted by Gasteiger charge is -2.06. The van der Waals surface area contributed by atoms with Crippen molar-refractivity contribution in [2.75, 3.05) is 0 Å². The summed E-state index contributed by atoms with van der Waals surface area (Å²) in [5.74, 6) is -1.62. The van der Waals surface area contributed by atoms with Gasteiger partial charge in [-0.05, 0) is 13.8 Å². The fraction of sp³-hybridized carbons (Fsp3) is 0.556. The first-order valence-corrected chi connectivity index (χ1v) is 6.54. The van der Waals surface area contributed by atoms with Crippen LogP contribution in [0.5, 0.6) is 0 Å². The van der Waals surface area contributed by atoms with Gasteiger partial charge < -0.3 is 5.11 Å². The Bertz CT molecular complexity index is 477. The van der Waals surface area contributed by atoms with Crippen LogP contribution in [0.25, 0.3) is 0 Å². The first-order chi connectivity index (χ1) is 7.36. The predicted octanol–water partition coefficient (Wildman–Crippen LogP) is 0.291. The van der Waals surface area contributed by atoms with Crippen molar-refractivity contribution in [1.82, 2.24) is 9.78 Å². The second-order valence-corrected chi connectivity index (χ2v) is 5.81. The summed E-state index contributed by atoms with van der Waals surface area (Å²) in [7, 11) is -3.66. The van der Waals surface area contributed by atoms with Gasteiger partial charge in [0.2, 0.25) is 0 Å². The normalized spacial score (nSPS) is 13.6. The molecular formula is C9H14N2O4S. The standard InChI is InChI=1S/C9H14N2O4S/c1-3-11-5-8(4-10-11)6-16(14,15)7(2)9(12)13/h4-5,7H,3,6H2,1-2H3,(H,12,13). The zero-order valence-electron chi connectivity index (χ0n) is 9.12. The number of rotatable bonds is 5. The molecule has 0 spiro atoms. The Labute approximate surface area is 93.8 Å². The number of carboxylic acids is 1. The summed E-state index contributed by atoms with van der Waals surface area (Å²) in [6.07, 6.45) is 3.04. The SMILES string of the molecule is CCn1cc(CS(=O)(=O)C(C)C(=O)O)cn1. The maximum Gasteiger partial charge on any atom is 0.321 e. The third-order valence-electron chi connectivity index (χ3n) is 2.27. The van der Waals surface area contributed by atoms with Crippen molar-refractivity contribution in [2.24, 2.45) is 0 Å². The molecule has 90 valence electrons. The Hall–Kier alpha value is -1.37. The number of hydrogen-bond donors (Lipinski definition) is 1. The molecule has 0 fully saturated rings. The van der Waals surface area contributed by atoms with Crippen LogP contribution in [0.2, 0.25) is 0 Å². The largest absolute Gasteiger partial charge is 0.480 e. The van der Waals surface area contributed by atoms with Gasteiger partial charge in [-0.3, -0.25) is 9.48 Å². The van der Waals surface area contributed by atoms with E-state index in [2.05, 4.69) is 5.10 Å². The van der Waals surface area contributed by atoms with Crippen molar-refractivity contribution in [1.29, 1.82) is 0 Å². The number of carbonyl (C=O) groups is 1.